The number of sulfonamides is 1. The van der Waals surface area contributed by atoms with Crippen LogP contribution in [0.4, 0.5) is 8.78 Å². The topological polar surface area (TPSA) is 84.5 Å². The van der Waals surface area contributed by atoms with Crippen LogP contribution in [0.3, 0.4) is 0 Å². The van der Waals surface area contributed by atoms with Gasteiger partial charge in [-0.1, -0.05) is 23.8 Å². The Kier molecular flexibility index (Phi) is 5.47. The van der Waals surface area contributed by atoms with E-state index in [2.05, 4.69) is 0 Å². The van der Waals surface area contributed by atoms with Crippen LogP contribution < -0.4 is 15.0 Å². The van der Waals surface area contributed by atoms with Gasteiger partial charge in [0.05, 0.1) is 0 Å². The van der Waals surface area contributed by atoms with Crippen molar-refractivity contribution in [2.24, 2.45) is 0 Å². The molecule has 0 heterocycles. The molecule has 1 amide bonds. The van der Waals surface area contributed by atoms with Crippen molar-refractivity contribution in [3.8, 4) is 5.75 Å². The fraction of sp³-hybridized carbons (Fsp3) is 0.133. The summed E-state index contributed by atoms with van der Waals surface area (Å²) >= 11 is 0. The van der Waals surface area contributed by atoms with Crippen LogP contribution >= 0.6 is 0 Å². The monoisotopic (exact) mass is 356 g/mol. The minimum absolute atomic E-state index is 0.416. The molecule has 24 heavy (non-hydrogen) atoms. The second-order valence-corrected chi connectivity index (χ2v) is 6.43. The predicted octanol–water partition coefficient (Wildman–Crippen LogP) is 1.66. The van der Waals surface area contributed by atoms with Crippen LogP contribution in [0.2, 0.25) is 0 Å². The number of ether oxygens (including phenoxy) is 1. The Morgan fingerprint density at radius 1 is 1.08 bits per heavy atom. The summed E-state index contributed by atoms with van der Waals surface area (Å²) in [5.74, 6) is -2.96. The first-order valence-electron chi connectivity index (χ1n) is 6.74. The summed E-state index contributed by atoms with van der Waals surface area (Å²) < 4.78 is 55.8. The van der Waals surface area contributed by atoms with Gasteiger partial charge in [0.25, 0.3) is 15.9 Å². The Morgan fingerprint density at radius 2 is 1.67 bits per heavy atom. The number of halogens is 2. The van der Waals surface area contributed by atoms with E-state index < -0.39 is 39.1 Å². The number of carbonyl (C=O) groups is 1. The second-order valence-electron chi connectivity index (χ2n) is 4.81. The zero-order chi connectivity index (χ0) is 17.7. The number of amides is 1. The fourth-order valence-corrected chi connectivity index (χ4v) is 2.73. The summed E-state index contributed by atoms with van der Waals surface area (Å²) in [4.78, 5) is 12.0. The maximum atomic E-state index is 13.5. The molecule has 0 spiro atoms. The molecule has 2 aromatic rings. The van der Waals surface area contributed by atoms with Crippen LogP contribution in [0.5, 0.6) is 5.75 Å². The molecule has 0 aliphatic heterocycles. The van der Waals surface area contributed by atoms with E-state index in [-0.39, 0.29) is 0 Å². The highest BCUT2D eigenvalue weighted by Gasteiger charge is 2.24. The van der Waals surface area contributed by atoms with E-state index in [4.69, 9.17) is 4.74 Å². The molecule has 0 saturated carbocycles. The van der Waals surface area contributed by atoms with Crippen molar-refractivity contribution in [1.82, 2.24) is 10.3 Å². The van der Waals surface area contributed by atoms with Crippen molar-refractivity contribution >= 4 is 15.9 Å². The van der Waals surface area contributed by atoms with Gasteiger partial charge in [-0.15, -0.1) is 4.83 Å². The van der Waals surface area contributed by atoms with Gasteiger partial charge < -0.3 is 4.74 Å². The molecule has 0 aliphatic carbocycles. The minimum Gasteiger partial charge on any atom is -0.484 e. The lowest BCUT2D eigenvalue weighted by Gasteiger charge is -2.10. The number of benzene rings is 2. The summed E-state index contributed by atoms with van der Waals surface area (Å²) in [7, 11) is -4.59. The quantitative estimate of drug-likeness (QED) is 0.771. The number of carbonyl (C=O) groups excluding carboxylic acids is 1. The van der Waals surface area contributed by atoms with Crippen molar-refractivity contribution in [1.29, 1.82) is 0 Å². The van der Waals surface area contributed by atoms with Gasteiger partial charge >= 0.3 is 0 Å². The number of rotatable bonds is 6. The Labute approximate surface area is 137 Å². The minimum atomic E-state index is -4.59. The first kappa shape index (κ1) is 17.8. The lowest BCUT2D eigenvalue weighted by Crippen LogP contribution is -2.44. The zero-order valence-electron chi connectivity index (χ0n) is 12.5. The van der Waals surface area contributed by atoms with Crippen LogP contribution in [0.25, 0.3) is 0 Å². The highest BCUT2D eigenvalue weighted by Crippen LogP contribution is 2.17. The molecule has 0 fully saturated rings. The lowest BCUT2D eigenvalue weighted by atomic mass is 10.2. The maximum Gasteiger partial charge on any atom is 0.272 e. The van der Waals surface area contributed by atoms with E-state index >= 15 is 0 Å². The van der Waals surface area contributed by atoms with E-state index in [0.717, 1.165) is 23.8 Å². The number of hydrazine groups is 1. The highest BCUT2D eigenvalue weighted by atomic mass is 32.2. The molecule has 0 saturated heterocycles. The van der Waals surface area contributed by atoms with Crippen molar-refractivity contribution < 1.29 is 26.7 Å². The Hall–Kier alpha value is -2.52. The molecular formula is C15H14F2N2O4S. The molecular weight excluding hydrogens is 342 g/mol. The second kappa shape index (κ2) is 7.37. The van der Waals surface area contributed by atoms with E-state index in [9.17, 15) is 22.0 Å². The third-order valence-corrected chi connectivity index (χ3v) is 4.20. The van der Waals surface area contributed by atoms with E-state index in [0.29, 0.717) is 5.75 Å². The smallest absolute Gasteiger partial charge is 0.272 e. The van der Waals surface area contributed by atoms with E-state index in [1.165, 1.54) is 0 Å². The van der Waals surface area contributed by atoms with Gasteiger partial charge in [-0.25, -0.2) is 17.2 Å². The van der Waals surface area contributed by atoms with Crippen LogP contribution in [0.15, 0.2) is 47.4 Å². The average molecular weight is 356 g/mol. The standard InChI is InChI=1S/C15H14F2N2O4S/c1-10-5-7-11(8-6-10)23-9-14(20)18-19-24(21,22)15-12(16)3-2-4-13(15)17/h2-8,19H,9H2,1H3,(H,18,20). The summed E-state index contributed by atoms with van der Waals surface area (Å²) in [6.45, 7) is 1.40. The molecule has 0 radical (unpaired) electrons. The van der Waals surface area contributed by atoms with Crippen molar-refractivity contribution in [2.75, 3.05) is 6.61 Å². The number of nitrogens with one attached hydrogen (secondary N) is 2. The van der Waals surface area contributed by atoms with E-state index in [1.54, 1.807) is 29.1 Å². The molecule has 0 bridgehead atoms. The summed E-state index contributed by atoms with van der Waals surface area (Å²) in [6.07, 6.45) is 0. The molecule has 2 N–H and O–H groups in total. The number of hydrogen-bond donors (Lipinski definition) is 2. The van der Waals surface area contributed by atoms with E-state index in [1.807, 2.05) is 12.3 Å². The fourth-order valence-electron chi connectivity index (χ4n) is 1.73. The number of aryl methyl sites for hydroxylation is 1. The third-order valence-electron chi connectivity index (χ3n) is 2.90. The molecule has 2 aromatic carbocycles. The molecule has 0 atom stereocenters. The van der Waals surface area contributed by atoms with Crippen LogP contribution in [0, 0.1) is 18.6 Å². The molecule has 2 rings (SSSR count). The molecule has 6 nitrogen and oxygen atoms in total. The number of hydrogen-bond acceptors (Lipinski definition) is 4. The predicted molar refractivity (Wildman–Crippen MR) is 81.5 cm³/mol. The SMILES string of the molecule is Cc1ccc(OCC(=O)NNS(=O)(=O)c2c(F)cccc2F)cc1. The van der Waals surface area contributed by atoms with Gasteiger partial charge in [0.1, 0.15) is 17.4 Å². The Bertz CT molecular complexity index is 819. The first-order chi connectivity index (χ1) is 11.3. The maximum absolute atomic E-state index is 13.5. The van der Waals surface area contributed by atoms with Crippen LogP contribution in [-0.4, -0.2) is 20.9 Å². The van der Waals surface area contributed by atoms with Gasteiger partial charge in [-0.05, 0) is 31.2 Å². The Morgan fingerprint density at radius 3 is 2.25 bits per heavy atom. The molecule has 0 aromatic heterocycles. The van der Waals surface area contributed by atoms with Gasteiger partial charge in [0.2, 0.25) is 0 Å². The normalized spacial score (nSPS) is 11.1. The molecule has 0 unspecified atom stereocenters. The van der Waals surface area contributed by atoms with Gasteiger partial charge in [-0.2, -0.15) is 0 Å². The highest BCUT2D eigenvalue weighted by molar-refractivity contribution is 7.89. The van der Waals surface area contributed by atoms with Gasteiger partial charge in [0.15, 0.2) is 11.5 Å². The first-order valence-corrected chi connectivity index (χ1v) is 8.22. The lowest BCUT2D eigenvalue weighted by molar-refractivity contribution is -0.123. The summed E-state index contributed by atoms with van der Waals surface area (Å²) in [6, 6.07) is 9.44. The Balaban J connectivity index is 1.94. The molecule has 9 heteroatoms. The van der Waals surface area contributed by atoms with Crippen LogP contribution in [-0.2, 0) is 14.8 Å². The van der Waals surface area contributed by atoms with Crippen molar-refractivity contribution in [3.05, 3.63) is 59.7 Å². The third kappa shape index (κ3) is 4.49. The van der Waals surface area contributed by atoms with Crippen LogP contribution in [0.1, 0.15) is 5.56 Å². The summed E-state index contributed by atoms with van der Waals surface area (Å²) in [5, 5.41) is 0. The zero-order valence-corrected chi connectivity index (χ0v) is 13.4. The van der Waals surface area contributed by atoms with Crippen molar-refractivity contribution in [2.45, 2.75) is 11.8 Å². The molecule has 128 valence electrons. The largest absolute Gasteiger partial charge is 0.484 e. The summed E-state index contributed by atoms with van der Waals surface area (Å²) in [5.41, 5.74) is 2.83. The van der Waals surface area contributed by atoms with Gasteiger partial charge in [0, 0.05) is 0 Å². The van der Waals surface area contributed by atoms with Crippen molar-refractivity contribution in [3.63, 3.8) is 0 Å². The van der Waals surface area contributed by atoms with Gasteiger partial charge in [-0.3, -0.25) is 10.2 Å². The molecule has 0 aliphatic rings. The average Bonchev–Trinajstić information content (AvgIpc) is 2.52.